The van der Waals surface area contributed by atoms with E-state index in [4.69, 9.17) is 4.74 Å². The molecule has 2 N–H and O–H groups in total. The summed E-state index contributed by atoms with van der Waals surface area (Å²) in [4.78, 5) is 28.8. The third-order valence-corrected chi connectivity index (χ3v) is 5.49. The van der Waals surface area contributed by atoms with E-state index in [9.17, 15) is 14.7 Å². The number of hydrogen-bond donors (Lipinski definition) is 2. The summed E-state index contributed by atoms with van der Waals surface area (Å²) in [5.41, 5.74) is 1.69. The average molecular weight is 352 g/mol. The minimum atomic E-state index is -0.891. The molecule has 1 fully saturated rings. The Labute approximate surface area is 150 Å². The molecule has 134 valence electrons. The molecule has 1 aromatic heterocycles. The predicted molar refractivity (Wildman–Crippen MR) is 95.5 cm³/mol. The largest absolute Gasteiger partial charge is 0.481 e. The van der Waals surface area contributed by atoms with E-state index < -0.39 is 17.8 Å². The number of ether oxygens (including phenoxy) is 1. The zero-order chi connectivity index (χ0) is 18.3. The molecule has 1 heterocycles. The molecule has 0 radical (unpaired) electrons. The van der Waals surface area contributed by atoms with Crippen molar-refractivity contribution in [1.29, 1.82) is 0 Å². The summed E-state index contributed by atoms with van der Waals surface area (Å²) in [5.74, 6) is -1.75. The second-order valence-corrected chi connectivity index (χ2v) is 6.90. The summed E-state index contributed by atoms with van der Waals surface area (Å²) < 4.78 is 5.25. The molecule has 1 aromatic carbocycles. The second kappa shape index (κ2) is 6.44. The van der Waals surface area contributed by atoms with Gasteiger partial charge in [-0.3, -0.25) is 9.59 Å². The van der Waals surface area contributed by atoms with E-state index in [1.54, 1.807) is 13.2 Å². The summed E-state index contributed by atoms with van der Waals surface area (Å²) in [6.07, 6.45) is 4.68. The van der Waals surface area contributed by atoms with Crippen LogP contribution in [0.25, 0.3) is 10.9 Å². The summed E-state index contributed by atoms with van der Waals surface area (Å²) in [6.45, 7) is 0.308. The van der Waals surface area contributed by atoms with Gasteiger partial charge in [0.25, 0.3) is 0 Å². The van der Waals surface area contributed by atoms with Gasteiger partial charge in [-0.15, -0.1) is 0 Å². The minimum absolute atomic E-state index is 0.0184. The van der Waals surface area contributed by atoms with Gasteiger partial charge in [-0.1, -0.05) is 30.4 Å². The zero-order valence-electron chi connectivity index (χ0n) is 14.4. The number of carboxylic acids is 1. The highest BCUT2D eigenvalue weighted by Gasteiger charge is 2.51. The monoisotopic (exact) mass is 352 g/mol. The number of allylic oxidation sites excluding steroid dienone is 2. The normalized spacial score (nSPS) is 26.2. The number of fused-ring (bicyclic) bond motifs is 3. The molecular formula is C20H20N2O4. The van der Waals surface area contributed by atoms with E-state index >= 15 is 0 Å². The summed E-state index contributed by atoms with van der Waals surface area (Å²) in [5, 5.41) is 13.4. The lowest BCUT2D eigenvalue weighted by atomic mass is 9.82. The molecule has 4 atom stereocenters. The maximum Gasteiger partial charge on any atom is 0.307 e. The molecule has 1 saturated carbocycles. The van der Waals surface area contributed by atoms with Gasteiger partial charge in [0.15, 0.2) is 0 Å². The van der Waals surface area contributed by atoms with Gasteiger partial charge in [-0.25, -0.2) is 4.98 Å². The number of carbonyl (C=O) groups is 2. The highest BCUT2D eigenvalue weighted by molar-refractivity contribution is 5.88. The van der Waals surface area contributed by atoms with Gasteiger partial charge in [-0.05, 0) is 29.9 Å². The van der Waals surface area contributed by atoms with Crippen molar-refractivity contribution >= 4 is 22.8 Å². The smallest absolute Gasteiger partial charge is 0.307 e. The number of rotatable bonds is 5. The molecule has 0 aliphatic heterocycles. The van der Waals surface area contributed by atoms with Crippen molar-refractivity contribution < 1.29 is 19.4 Å². The van der Waals surface area contributed by atoms with Crippen LogP contribution in [0.4, 0.5) is 0 Å². The fraction of sp³-hybridized carbons (Fsp3) is 0.350. The number of amides is 1. The van der Waals surface area contributed by atoms with Gasteiger partial charge < -0.3 is 15.2 Å². The van der Waals surface area contributed by atoms with E-state index in [1.807, 2.05) is 36.4 Å². The molecule has 4 unspecified atom stereocenters. The van der Waals surface area contributed by atoms with E-state index in [0.29, 0.717) is 12.4 Å². The zero-order valence-corrected chi connectivity index (χ0v) is 14.4. The van der Waals surface area contributed by atoms with Crippen LogP contribution in [0.5, 0.6) is 5.88 Å². The van der Waals surface area contributed by atoms with Crippen molar-refractivity contribution in [2.75, 3.05) is 7.11 Å². The number of aromatic nitrogens is 1. The highest BCUT2D eigenvalue weighted by atomic mass is 16.5. The molecule has 0 spiro atoms. The Kier molecular flexibility index (Phi) is 4.11. The summed E-state index contributed by atoms with van der Waals surface area (Å²) in [7, 11) is 1.55. The van der Waals surface area contributed by atoms with Crippen LogP contribution in [0.1, 0.15) is 12.0 Å². The number of hydrogen-bond acceptors (Lipinski definition) is 4. The number of nitrogens with zero attached hydrogens (tertiary/aromatic N) is 1. The standard InChI is InChI=1S/C20H20N2O4/c1-26-16-9-13(14-4-2-3-5-15(14)22-16)10-21-19(23)17-11-6-7-12(8-11)18(17)20(24)25/h2-7,9,11-12,17-18H,8,10H2,1H3,(H,21,23)(H,24,25). The Morgan fingerprint density at radius 1 is 1.23 bits per heavy atom. The molecule has 26 heavy (non-hydrogen) atoms. The number of pyridine rings is 1. The number of carboxylic acid groups (broad SMARTS) is 1. The van der Waals surface area contributed by atoms with Crippen LogP contribution in [0.2, 0.25) is 0 Å². The lowest BCUT2D eigenvalue weighted by Crippen LogP contribution is -2.39. The lowest BCUT2D eigenvalue weighted by molar-refractivity contribution is -0.147. The Balaban J connectivity index is 1.56. The van der Waals surface area contributed by atoms with Crippen LogP contribution in [-0.2, 0) is 16.1 Å². The summed E-state index contributed by atoms with van der Waals surface area (Å²) >= 11 is 0. The van der Waals surface area contributed by atoms with Gasteiger partial charge in [0, 0.05) is 18.0 Å². The second-order valence-electron chi connectivity index (χ2n) is 6.90. The Hall–Kier alpha value is -2.89. The van der Waals surface area contributed by atoms with Gasteiger partial charge in [0.1, 0.15) is 0 Å². The third kappa shape index (κ3) is 2.71. The van der Waals surface area contributed by atoms with Gasteiger partial charge >= 0.3 is 5.97 Å². The molecule has 2 aliphatic carbocycles. The molecular weight excluding hydrogens is 332 g/mol. The number of benzene rings is 1. The molecule has 2 aliphatic rings. The van der Waals surface area contributed by atoms with Crippen molar-refractivity contribution in [1.82, 2.24) is 10.3 Å². The number of carbonyl (C=O) groups excluding carboxylic acids is 1. The fourth-order valence-corrected chi connectivity index (χ4v) is 4.29. The number of nitrogens with one attached hydrogen (secondary N) is 1. The molecule has 1 amide bonds. The van der Waals surface area contributed by atoms with Crippen LogP contribution in [0, 0.1) is 23.7 Å². The molecule has 4 rings (SSSR count). The van der Waals surface area contributed by atoms with Crippen LogP contribution in [0.15, 0.2) is 42.5 Å². The van der Waals surface area contributed by atoms with Crippen LogP contribution < -0.4 is 10.1 Å². The Morgan fingerprint density at radius 2 is 1.96 bits per heavy atom. The van der Waals surface area contributed by atoms with Crippen molar-refractivity contribution in [2.45, 2.75) is 13.0 Å². The molecule has 2 bridgehead atoms. The number of aliphatic carboxylic acids is 1. The first-order chi connectivity index (χ1) is 12.6. The van der Waals surface area contributed by atoms with Gasteiger partial charge in [0.2, 0.25) is 11.8 Å². The lowest BCUT2D eigenvalue weighted by Gasteiger charge is -2.24. The first kappa shape index (κ1) is 16.6. The first-order valence-electron chi connectivity index (χ1n) is 8.70. The van der Waals surface area contributed by atoms with Crippen LogP contribution in [-0.4, -0.2) is 29.1 Å². The number of para-hydroxylation sites is 1. The predicted octanol–water partition coefficient (Wildman–Crippen LogP) is 2.38. The average Bonchev–Trinajstić information content (AvgIpc) is 3.27. The molecule has 2 aromatic rings. The minimum Gasteiger partial charge on any atom is -0.481 e. The van der Waals surface area contributed by atoms with E-state index in [-0.39, 0.29) is 17.7 Å². The summed E-state index contributed by atoms with van der Waals surface area (Å²) in [6, 6.07) is 9.46. The van der Waals surface area contributed by atoms with Gasteiger partial charge in [0.05, 0.1) is 24.5 Å². The van der Waals surface area contributed by atoms with Crippen molar-refractivity contribution in [2.24, 2.45) is 23.7 Å². The Morgan fingerprint density at radius 3 is 2.69 bits per heavy atom. The molecule has 6 nitrogen and oxygen atoms in total. The van der Waals surface area contributed by atoms with Gasteiger partial charge in [-0.2, -0.15) is 0 Å². The third-order valence-electron chi connectivity index (χ3n) is 5.49. The highest BCUT2D eigenvalue weighted by Crippen LogP contribution is 2.48. The Bertz CT molecular complexity index is 908. The fourth-order valence-electron chi connectivity index (χ4n) is 4.29. The van der Waals surface area contributed by atoms with Crippen LogP contribution >= 0.6 is 0 Å². The maximum atomic E-state index is 12.8. The number of methoxy groups -OCH3 is 1. The van der Waals surface area contributed by atoms with Crippen molar-refractivity contribution in [3.05, 3.63) is 48.0 Å². The van der Waals surface area contributed by atoms with Crippen molar-refractivity contribution in [3.63, 3.8) is 0 Å². The van der Waals surface area contributed by atoms with Crippen LogP contribution in [0.3, 0.4) is 0 Å². The topological polar surface area (TPSA) is 88.5 Å². The van der Waals surface area contributed by atoms with E-state index in [1.165, 1.54) is 0 Å². The molecule has 0 saturated heterocycles. The van der Waals surface area contributed by atoms with Crippen molar-refractivity contribution in [3.8, 4) is 5.88 Å². The SMILES string of the molecule is COc1cc(CNC(=O)C2C3C=CC(C3)C2C(=O)O)c2ccccc2n1. The maximum absolute atomic E-state index is 12.8. The quantitative estimate of drug-likeness (QED) is 0.807. The molecule has 6 heteroatoms. The van der Waals surface area contributed by atoms with E-state index in [0.717, 1.165) is 22.9 Å². The first-order valence-corrected chi connectivity index (χ1v) is 8.70. The van der Waals surface area contributed by atoms with E-state index in [2.05, 4.69) is 10.3 Å².